The number of fused-ring (bicyclic) bond motifs is 1. The maximum atomic E-state index is 2.43. The number of hydrogen-bond donors (Lipinski definition) is 0. The largest absolute Gasteiger partial charge is 0.122 e. The van der Waals surface area contributed by atoms with Crippen LogP contribution in [-0.2, 0) is 0 Å². The molecule has 0 N–H and O–H groups in total. The summed E-state index contributed by atoms with van der Waals surface area (Å²) in [5.41, 5.74) is 4.37. The van der Waals surface area contributed by atoms with Crippen molar-refractivity contribution in [3.05, 3.63) is 64.6 Å². The molecule has 3 rings (SSSR count). The van der Waals surface area contributed by atoms with Crippen LogP contribution in [0.1, 0.15) is 32.3 Å². The molecule has 0 fully saturated rings. The molecule has 1 aromatic rings. The van der Waals surface area contributed by atoms with E-state index in [4.69, 9.17) is 0 Å². The quantitative estimate of drug-likeness (QED) is 0.703. The Morgan fingerprint density at radius 3 is 2.68 bits per heavy atom. The Kier molecular flexibility index (Phi) is 3.65. The monoisotopic (exact) mass is 268 g/mol. The molecule has 1 heteroatoms. The van der Waals surface area contributed by atoms with E-state index in [1.165, 1.54) is 24.0 Å². The molecule has 0 bridgehead atoms. The van der Waals surface area contributed by atoms with Crippen molar-refractivity contribution in [3.8, 4) is 0 Å². The molecule has 1 aliphatic carbocycles. The lowest BCUT2D eigenvalue weighted by molar-refractivity contribution is 0.861. The van der Waals surface area contributed by atoms with Crippen LogP contribution in [0.4, 0.5) is 0 Å². The van der Waals surface area contributed by atoms with Gasteiger partial charge in [-0.15, -0.1) is 11.8 Å². The summed E-state index contributed by atoms with van der Waals surface area (Å²) in [6, 6.07) is 10.9. The smallest absolute Gasteiger partial charge is 0.0380 e. The second-order valence-corrected chi connectivity index (χ2v) is 6.60. The molecule has 0 radical (unpaired) electrons. The fraction of sp³-hybridized carbons (Fsp3) is 0.333. The second kappa shape index (κ2) is 5.42. The van der Waals surface area contributed by atoms with Gasteiger partial charge in [-0.1, -0.05) is 67.5 Å². The lowest BCUT2D eigenvalue weighted by atomic mass is 9.85. The fourth-order valence-electron chi connectivity index (χ4n) is 2.96. The summed E-state index contributed by atoms with van der Waals surface area (Å²) < 4.78 is 0. The number of thioether (sulfide) groups is 1. The van der Waals surface area contributed by atoms with Gasteiger partial charge < -0.3 is 0 Å². The molecule has 0 saturated heterocycles. The van der Waals surface area contributed by atoms with Gasteiger partial charge in [0.25, 0.3) is 0 Å². The Labute approximate surface area is 120 Å². The molecule has 1 heterocycles. The van der Waals surface area contributed by atoms with Crippen molar-refractivity contribution >= 4 is 17.3 Å². The molecule has 0 amide bonds. The fourth-order valence-corrected chi connectivity index (χ4v) is 4.64. The molecule has 0 aromatic heterocycles. The van der Waals surface area contributed by atoms with Gasteiger partial charge in [-0.05, 0) is 29.4 Å². The van der Waals surface area contributed by atoms with Gasteiger partial charge in [-0.2, -0.15) is 0 Å². The summed E-state index contributed by atoms with van der Waals surface area (Å²) >= 11 is 2.08. The van der Waals surface area contributed by atoms with E-state index < -0.39 is 0 Å². The minimum atomic E-state index is 0.567. The molecule has 0 spiro atoms. The summed E-state index contributed by atoms with van der Waals surface area (Å²) in [4.78, 5) is 1.60. The van der Waals surface area contributed by atoms with Gasteiger partial charge in [0.1, 0.15) is 0 Å². The molecule has 2 aliphatic rings. The minimum Gasteiger partial charge on any atom is -0.122 e. The van der Waals surface area contributed by atoms with E-state index in [1.807, 2.05) is 0 Å². The van der Waals surface area contributed by atoms with Gasteiger partial charge in [0, 0.05) is 11.2 Å². The van der Waals surface area contributed by atoms with Crippen LogP contribution in [0.25, 0.3) is 5.57 Å². The average Bonchev–Trinajstić information content (AvgIpc) is 2.77. The number of allylic oxidation sites excluding steroid dienone is 5. The number of hydrogen-bond acceptors (Lipinski definition) is 1. The lowest BCUT2D eigenvalue weighted by Gasteiger charge is -2.20. The van der Waals surface area contributed by atoms with Crippen LogP contribution < -0.4 is 0 Å². The van der Waals surface area contributed by atoms with Gasteiger partial charge in [0.15, 0.2) is 0 Å². The molecule has 98 valence electrons. The van der Waals surface area contributed by atoms with E-state index in [2.05, 4.69) is 74.2 Å². The van der Waals surface area contributed by atoms with E-state index in [-0.39, 0.29) is 0 Å². The van der Waals surface area contributed by atoms with Crippen LogP contribution in [-0.4, -0.2) is 5.25 Å². The zero-order chi connectivity index (χ0) is 13.2. The molecule has 19 heavy (non-hydrogen) atoms. The Hall–Kier alpha value is -1.21. The topological polar surface area (TPSA) is 0 Å². The third-order valence-electron chi connectivity index (χ3n) is 3.82. The zero-order valence-electron chi connectivity index (χ0n) is 11.6. The van der Waals surface area contributed by atoms with Crippen molar-refractivity contribution in [3.63, 3.8) is 0 Å². The molecule has 0 saturated carbocycles. The van der Waals surface area contributed by atoms with Gasteiger partial charge >= 0.3 is 0 Å². The van der Waals surface area contributed by atoms with E-state index in [9.17, 15) is 0 Å². The van der Waals surface area contributed by atoms with Crippen molar-refractivity contribution < 1.29 is 0 Å². The highest BCUT2D eigenvalue weighted by Crippen LogP contribution is 2.51. The van der Waals surface area contributed by atoms with Crippen LogP contribution >= 0.6 is 11.8 Å². The second-order valence-electron chi connectivity index (χ2n) is 5.33. The Morgan fingerprint density at radius 2 is 1.95 bits per heavy atom. The normalized spacial score (nSPS) is 25.5. The maximum absolute atomic E-state index is 2.43. The van der Waals surface area contributed by atoms with Crippen molar-refractivity contribution in [1.29, 1.82) is 0 Å². The Morgan fingerprint density at radius 1 is 1.16 bits per heavy atom. The van der Waals surface area contributed by atoms with Crippen molar-refractivity contribution in [1.82, 2.24) is 0 Å². The molecule has 0 nitrogen and oxygen atoms in total. The first-order valence-electron chi connectivity index (χ1n) is 7.11. The van der Waals surface area contributed by atoms with E-state index in [1.54, 1.807) is 10.5 Å². The van der Waals surface area contributed by atoms with Crippen LogP contribution in [0.5, 0.6) is 0 Å². The molecule has 2 atom stereocenters. The first-order chi connectivity index (χ1) is 9.29. The number of rotatable bonds is 3. The molecular formula is C18H20S. The predicted molar refractivity (Wildman–Crippen MR) is 86.0 cm³/mol. The van der Waals surface area contributed by atoms with Crippen molar-refractivity contribution in [2.75, 3.05) is 0 Å². The van der Waals surface area contributed by atoms with Gasteiger partial charge in [-0.3, -0.25) is 0 Å². The summed E-state index contributed by atoms with van der Waals surface area (Å²) in [7, 11) is 0. The first-order valence-corrected chi connectivity index (χ1v) is 7.99. The highest BCUT2D eigenvalue weighted by Gasteiger charge is 2.34. The summed E-state index contributed by atoms with van der Waals surface area (Å²) in [5, 5.41) is 0.613. The maximum Gasteiger partial charge on any atom is 0.0380 e. The van der Waals surface area contributed by atoms with E-state index in [0.717, 1.165) is 0 Å². The molecular weight excluding hydrogens is 248 g/mol. The average molecular weight is 268 g/mol. The van der Waals surface area contributed by atoms with Crippen LogP contribution in [0.15, 0.2) is 59.0 Å². The third kappa shape index (κ3) is 2.44. The van der Waals surface area contributed by atoms with Crippen LogP contribution in [0.3, 0.4) is 0 Å². The van der Waals surface area contributed by atoms with Crippen molar-refractivity contribution in [2.45, 2.75) is 31.9 Å². The van der Waals surface area contributed by atoms with E-state index in [0.29, 0.717) is 11.2 Å². The van der Waals surface area contributed by atoms with Gasteiger partial charge in [-0.25, -0.2) is 0 Å². The zero-order valence-corrected chi connectivity index (χ0v) is 12.4. The van der Waals surface area contributed by atoms with Crippen LogP contribution in [0.2, 0.25) is 0 Å². The highest BCUT2D eigenvalue weighted by molar-refractivity contribution is 8.04. The van der Waals surface area contributed by atoms with Gasteiger partial charge in [0.05, 0.1) is 0 Å². The lowest BCUT2D eigenvalue weighted by Crippen LogP contribution is -2.12. The predicted octanol–water partition coefficient (Wildman–Crippen LogP) is 5.45. The molecule has 1 aromatic carbocycles. The Bertz CT molecular complexity index is 548. The van der Waals surface area contributed by atoms with Crippen molar-refractivity contribution in [2.24, 2.45) is 5.92 Å². The molecule has 1 aliphatic heterocycles. The summed E-state index contributed by atoms with van der Waals surface area (Å²) in [6.45, 7) is 4.47. The van der Waals surface area contributed by atoms with Gasteiger partial charge in [0.2, 0.25) is 0 Å². The SMILES string of the molecule is CCCC1=C(c2ccccc2)C2C=CC(C)=CC2S1. The third-order valence-corrected chi connectivity index (χ3v) is 5.23. The summed E-state index contributed by atoms with van der Waals surface area (Å²) in [6.07, 6.45) is 9.55. The first kappa shape index (κ1) is 12.8. The van der Waals surface area contributed by atoms with E-state index >= 15 is 0 Å². The number of benzene rings is 1. The standard InChI is InChI=1S/C18H20S/c1-3-7-16-18(14-8-5-4-6-9-14)15-11-10-13(2)12-17(15)19-16/h4-6,8-12,15,17H,3,7H2,1-2H3. The van der Waals surface area contributed by atoms with Crippen LogP contribution in [0, 0.1) is 5.92 Å². The Balaban J connectivity index is 2.02. The molecule has 2 unspecified atom stereocenters. The minimum absolute atomic E-state index is 0.567. The highest BCUT2D eigenvalue weighted by atomic mass is 32.2. The summed E-state index contributed by atoms with van der Waals surface area (Å²) in [5.74, 6) is 0.567.